The molecule has 1 aliphatic rings. The summed E-state index contributed by atoms with van der Waals surface area (Å²) >= 11 is 0. The number of halogens is 1. The van der Waals surface area contributed by atoms with Crippen molar-refractivity contribution in [1.82, 2.24) is 0 Å². The molecule has 0 N–H and O–H groups in total. The highest BCUT2D eigenvalue weighted by atomic mass is 19.1. The molecule has 17 heavy (non-hydrogen) atoms. The maximum absolute atomic E-state index is 12.9. The topological polar surface area (TPSA) is 71.0 Å². The number of methoxy groups -OCH3 is 1. The summed E-state index contributed by atoms with van der Waals surface area (Å²) in [5.41, 5.74) is -2.09. The van der Waals surface area contributed by atoms with Gasteiger partial charge in [0.05, 0.1) is 7.11 Å². The maximum Gasteiger partial charge on any atom is 0.334 e. The van der Waals surface area contributed by atoms with Gasteiger partial charge in [0.2, 0.25) is 0 Å². The first-order valence-electron chi connectivity index (χ1n) is 5.37. The highest BCUT2D eigenvalue weighted by Gasteiger charge is 2.52. The van der Waals surface area contributed by atoms with Gasteiger partial charge >= 0.3 is 5.97 Å². The highest BCUT2D eigenvalue weighted by molar-refractivity contribution is 5.85. The predicted molar refractivity (Wildman–Crippen MR) is 57.2 cm³/mol. The van der Waals surface area contributed by atoms with E-state index in [2.05, 4.69) is 9.73 Å². The van der Waals surface area contributed by atoms with E-state index < -0.39 is 29.4 Å². The molecule has 0 aromatic carbocycles. The molecule has 0 bridgehead atoms. The number of carbonyl (C=O) groups is 1. The molecule has 6 heteroatoms. The van der Waals surface area contributed by atoms with Crippen molar-refractivity contribution < 1.29 is 23.8 Å². The van der Waals surface area contributed by atoms with Crippen LogP contribution in [0.1, 0.15) is 33.6 Å². The lowest BCUT2D eigenvalue weighted by Crippen LogP contribution is -2.52. The molecule has 5 nitrogen and oxygen atoms in total. The largest absolute Gasteiger partial charge is 0.595 e. The molecule has 0 aliphatic heterocycles. The number of hydrogen-bond acceptors (Lipinski definition) is 5. The fourth-order valence-electron chi connectivity index (χ4n) is 1.63. The van der Waals surface area contributed by atoms with E-state index in [4.69, 9.17) is 4.74 Å². The predicted octanol–water partition coefficient (Wildman–Crippen LogP) is 0.561. The Labute approximate surface area is 99.6 Å². The minimum Gasteiger partial charge on any atom is -0.595 e. The smallest absolute Gasteiger partial charge is 0.334 e. The number of aliphatic imine (C=N–C) groups is 1. The van der Waals surface area contributed by atoms with Gasteiger partial charge in [-0.2, -0.15) is 0 Å². The van der Waals surface area contributed by atoms with Gasteiger partial charge in [-0.3, -0.25) is 4.99 Å². The Balaban J connectivity index is 2.81. The van der Waals surface area contributed by atoms with Crippen molar-refractivity contribution in [1.29, 1.82) is 0 Å². The molecule has 1 fully saturated rings. The summed E-state index contributed by atoms with van der Waals surface area (Å²) in [6, 6.07) is 0. The molecule has 0 heterocycles. The zero-order valence-corrected chi connectivity index (χ0v) is 10.4. The van der Waals surface area contributed by atoms with Crippen molar-refractivity contribution in [3.8, 4) is 0 Å². The molecular weight excluding hydrogens is 229 g/mol. The third-order valence-electron chi connectivity index (χ3n) is 2.38. The standard InChI is InChI=1S/C11H18FNO4/c1-10(2,3)17-9(15)13-11(8(14)16-4)5-7(12)6-11/h7H,5-6H2,1-4H3,(H,13,15)/p-1. The van der Waals surface area contributed by atoms with Crippen LogP contribution >= 0.6 is 0 Å². The Morgan fingerprint density at radius 3 is 2.35 bits per heavy atom. The van der Waals surface area contributed by atoms with Crippen molar-refractivity contribution in [3.63, 3.8) is 0 Å². The van der Waals surface area contributed by atoms with E-state index in [1.54, 1.807) is 20.8 Å². The fraction of sp³-hybridized carbons (Fsp3) is 0.818. The molecule has 1 saturated carbocycles. The Morgan fingerprint density at radius 2 is 2.00 bits per heavy atom. The molecule has 0 aromatic heterocycles. The lowest BCUT2D eigenvalue weighted by Gasteiger charge is -2.40. The Morgan fingerprint density at radius 1 is 1.47 bits per heavy atom. The number of hydrogen-bond donors (Lipinski definition) is 0. The molecule has 0 unspecified atom stereocenters. The third kappa shape index (κ3) is 3.31. The molecule has 0 spiro atoms. The van der Waals surface area contributed by atoms with Crippen LogP contribution < -0.4 is 5.11 Å². The monoisotopic (exact) mass is 246 g/mol. The van der Waals surface area contributed by atoms with Crippen LogP contribution in [0, 0.1) is 0 Å². The molecule has 1 aliphatic carbocycles. The van der Waals surface area contributed by atoms with Crippen molar-refractivity contribution >= 4 is 12.1 Å². The first-order chi connectivity index (χ1) is 7.68. The van der Waals surface area contributed by atoms with Gasteiger partial charge in [-0.1, -0.05) is 20.8 Å². The van der Waals surface area contributed by atoms with E-state index in [1.807, 2.05) is 0 Å². The van der Waals surface area contributed by atoms with Crippen LogP contribution in [0.25, 0.3) is 0 Å². The van der Waals surface area contributed by atoms with Crippen molar-refractivity contribution in [2.24, 2.45) is 4.99 Å². The van der Waals surface area contributed by atoms with E-state index in [-0.39, 0.29) is 12.8 Å². The third-order valence-corrected chi connectivity index (χ3v) is 2.38. The number of alkyl halides is 1. The molecule has 0 amide bonds. The zero-order valence-electron chi connectivity index (χ0n) is 10.4. The zero-order chi connectivity index (χ0) is 13.3. The van der Waals surface area contributed by atoms with Crippen molar-refractivity contribution in [2.75, 3.05) is 7.11 Å². The van der Waals surface area contributed by atoms with Gasteiger partial charge in [-0.25, -0.2) is 9.18 Å². The van der Waals surface area contributed by atoms with E-state index in [0.29, 0.717) is 0 Å². The number of nitrogens with zero attached hydrogens (tertiary/aromatic N) is 1. The summed E-state index contributed by atoms with van der Waals surface area (Å²) in [7, 11) is 1.18. The van der Waals surface area contributed by atoms with Crippen LogP contribution in [0.2, 0.25) is 0 Å². The molecule has 1 rings (SSSR count). The molecular formula is C11H17FNO4-. The molecule has 0 radical (unpaired) electrons. The lowest BCUT2D eigenvalue weighted by atomic mass is 9.76. The number of rotatable bonds is 2. The van der Waals surface area contributed by atoms with Crippen LogP contribution in [0.15, 0.2) is 4.99 Å². The Hall–Kier alpha value is -1.33. The van der Waals surface area contributed by atoms with Gasteiger partial charge in [0.1, 0.15) is 12.3 Å². The summed E-state index contributed by atoms with van der Waals surface area (Å²) in [5.74, 6) is -0.697. The first-order valence-corrected chi connectivity index (χ1v) is 5.37. The Kier molecular flexibility index (Phi) is 3.64. The SMILES string of the molecule is COC(=O)C1(N=C([O-])OC(C)(C)C)CC(F)C1. The molecule has 0 aromatic rings. The summed E-state index contributed by atoms with van der Waals surface area (Å²) in [6.45, 7) is 5.05. The van der Waals surface area contributed by atoms with Gasteiger partial charge in [-0.15, -0.1) is 0 Å². The maximum atomic E-state index is 12.9. The fourth-order valence-corrected chi connectivity index (χ4v) is 1.63. The summed E-state index contributed by atoms with van der Waals surface area (Å²) in [6.07, 6.45) is -2.24. The number of esters is 1. The van der Waals surface area contributed by atoms with Gasteiger partial charge in [-0.05, 0) is 0 Å². The van der Waals surface area contributed by atoms with Crippen LogP contribution in [-0.2, 0) is 14.3 Å². The number of ether oxygens (including phenoxy) is 2. The van der Waals surface area contributed by atoms with Gasteiger partial charge in [0, 0.05) is 18.4 Å². The summed E-state index contributed by atoms with van der Waals surface area (Å²) in [5, 5.41) is 11.5. The first kappa shape index (κ1) is 13.7. The minimum atomic E-state index is -1.39. The summed E-state index contributed by atoms with van der Waals surface area (Å²) in [4.78, 5) is 15.1. The second-order valence-electron chi connectivity index (χ2n) is 5.12. The van der Waals surface area contributed by atoms with Gasteiger partial charge in [0.15, 0.2) is 5.54 Å². The van der Waals surface area contributed by atoms with Gasteiger partial charge in [0.25, 0.3) is 0 Å². The molecule has 98 valence electrons. The molecule has 0 saturated heterocycles. The van der Waals surface area contributed by atoms with Crippen LogP contribution in [0.3, 0.4) is 0 Å². The van der Waals surface area contributed by atoms with Gasteiger partial charge < -0.3 is 14.6 Å². The second-order valence-corrected chi connectivity index (χ2v) is 5.12. The average molecular weight is 246 g/mol. The highest BCUT2D eigenvalue weighted by Crippen LogP contribution is 2.39. The normalized spacial score (nSPS) is 29.5. The van der Waals surface area contributed by atoms with E-state index in [9.17, 15) is 14.3 Å². The van der Waals surface area contributed by atoms with E-state index in [1.165, 1.54) is 7.11 Å². The number of carbonyl (C=O) groups excluding carboxylic acids is 1. The van der Waals surface area contributed by atoms with E-state index in [0.717, 1.165) is 0 Å². The second kappa shape index (κ2) is 4.50. The summed E-state index contributed by atoms with van der Waals surface area (Å²) < 4.78 is 22.4. The van der Waals surface area contributed by atoms with Crippen molar-refractivity contribution in [2.45, 2.75) is 50.9 Å². The minimum absolute atomic E-state index is 0.126. The quantitative estimate of drug-likeness (QED) is 0.405. The molecule has 0 atom stereocenters. The van der Waals surface area contributed by atoms with Crippen molar-refractivity contribution in [3.05, 3.63) is 0 Å². The van der Waals surface area contributed by atoms with Crippen LogP contribution in [-0.4, -0.2) is 36.5 Å². The lowest BCUT2D eigenvalue weighted by molar-refractivity contribution is -0.262. The van der Waals surface area contributed by atoms with E-state index >= 15 is 0 Å². The van der Waals surface area contributed by atoms with Crippen LogP contribution in [0.5, 0.6) is 0 Å². The van der Waals surface area contributed by atoms with Crippen LogP contribution in [0.4, 0.5) is 4.39 Å². The average Bonchev–Trinajstić information content (AvgIpc) is 2.10. The Bertz CT molecular complexity index is 329.